The van der Waals surface area contributed by atoms with Crippen LogP contribution in [0, 0.1) is 6.92 Å². The van der Waals surface area contributed by atoms with Gasteiger partial charge in [-0.05, 0) is 30.7 Å². The van der Waals surface area contributed by atoms with Gasteiger partial charge in [0.1, 0.15) is 5.03 Å². The molecule has 0 aliphatic heterocycles. The molecule has 0 aliphatic rings. The first kappa shape index (κ1) is 12.7. The minimum Gasteiger partial charge on any atom is -0.478 e. The van der Waals surface area contributed by atoms with Gasteiger partial charge in [0.2, 0.25) is 0 Å². The van der Waals surface area contributed by atoms with Crippen molar-refractivity contribution in [1.82, 2.24) is 9.97 Å². The van der Waals surface area contributed by atoms with Crippen molar-refractivity contribution in [2.45, 2.75) is 17.0 Å². The summed E-state index contributed by atoms with van der Waals surface area (Å²) in [5, 5.41) is 11.8. The van der Waals surface area contributed by atoms with E-state index in [1.54, 1.807) is 19.2 Å². The Kier molecular flexibility index (Phi) is 3.20. The predicted octanol–water partition coefficient (Wildman–Crippen LogP) is 3.72. The summed E-state index contributed by atoms with van der Waals surface area (Å²) in [6.45, 7) is 1.78. The molecule has 0 spiro atoms. The standard InChI is InChI=1S/C15H12N2O2S/c1-9-6-7-16-14(13(9)15(18)19)20-12-8-10-4-2-3-5-11(10)17-12/h2-8,17H,1H3,(H,18,19). The second kappa shape index (κ2) is 5.02. The van der Waals surface area contributed by atoms with E-state index < -0.39 is 5.97 Å². The number of para-hydroxylation sites is 1. The number of nitrogens with one attached hydrogen (secondary N) is 1. The highest BCUT2D eigenvalue weighted by atomic mass is 32.2. The van der Waals surface area contributed by atoms with Gasteiger partial charge < -0.3 is 10.1 Å². The summed E-state index contributed by atoms with van der Waals surface area (Å²) in [7, 11) is 0. The summed E-state index contributed by atoms with van der Waals surface area (Å²) in [4.78, 5) is 18.8. The Labute approximate surface area is 119 Å². The van der Waals surface area contributed by atoms with E-state index in [2.05, 4.69) is 9.97 Å². The number of hydrogen-bond donors (Lipinski definition) is 2. The molecule has 1 aromatic carbocycles. The first-order valence-electron chi connectivity index (χ1n) is 6.09. The zero-order valence-corrected chi connectivity index (χ0v) is 11.6. The lowest BCUT2D eigenvalue weighted by Gasteiger charge is -2.05. The van der Waals surface area contributed by atoms with Gasteiger partial charge in [-0.15, -0.1) is 0 Å². The van der Waals surface area contributed by atoms with E-state index in [4.69, 9.17) is 0 Å². The van der Waals surface area contributed by atoms with Crippen molar-refractivity contribution in [1.29, 1.82) is 0 Å². The number of hydrogen-bond acceptors (Lipinski definition) is 3. The van der Waals surface area contributed by atoms with Gasteiger partial charge in [-0.2, -0.15) is 0 Å². The van der Waals surface area contributed by atoms with Crippen molar-refractivity contribution in [3.8, 4) is 0 Å². The van der Waals surface area contributed by atoms with Crippen molar-refractivity contribution < 1.29 is 9.90 Å². The third-order valence-corrected chi connectivity index (χ3v) is 3.99. The van der Waals surface area contributed by atoms with Crippen LogP contribution in [0.25, 0.3) is 10.9 Å². The largest absolute Gasteiger partial charge is 0.478 e. The second-order valence-electron chi connectivity index (χ2n) is 4.44. The number of carboxylic acid groups (broad SMARTS) is 1. The lowest BCUT2D eigenvalue weighted by atomic mass is 10.2. The van der Waals surface area contributed by atoms with Crippen molar-refractivity contribution in [3.63, 3.8) is 0 Å². The topological polar surface area (TPSA) is 66.0 Å². The van der Waals surface area contributed by atoms with Gasteiger partial charge in [0.05, 0.1) is 10.6 Å². The number of rotatable bonds is 3. The summed E-state index contributed by atoms with van der Waals surface area (Å²) in [6, 6.07) is 11.6. The van der Waals surface area contributed by atoms with E-state index in [1.807, 2.05) is 30.3 Å². The zero-order chi connectivity index (χ0) is 14.1. The highest BCUT2D eigenvalue weighted by Gasteiger charge is 2.16. The van der Waals surface area contributed by atoms with Crippen LogP contribution in [0.15, 0.2) is 52.6 Å². The molecule has 3 rings (SSSR count). The third-order valence-electron chi connectivity index (χ3n) is 3.05. The van der Waals surface area contributed by atoms with Gasteiger partial charge in [-0.25, -0.2) is 9.78 Å². The predicted molar refractivity (Wildman–Crippen MR) is 78.4 cm³/mol. The molecule has 0 bridgehead atoms. The van der Waals surface area contributed by atoms with Crippen molar-refractivity contribution in [2.75, 3.05) is 0 Å². The Morgan fingerprint density at radius 2 is 2.10 bits per heavy atom. The van der Waals surface area contributed by atoms with Crippen LogP contribution in [0.5, 0.6) is 0 Å². The monoisotopic (exact) mass is 284 g/mol. The molecule has 0 atom stereocenters. The van der Waals surface area contributed by atoms with Crippen LogP contribution in [0.4, 0.5) is 0 Å². The molecule has 4 nitrogen and oxygen atoms in total. The average Bonchev–Trinajstić information content (AvgIpc) is 2.80. The SMILES string of the molecule is Cc1ccnc(Sc2cc3ccccc3[nH]2)c1C(=O)O. The number of H-pyrrole nitrogens is 1. The highest BCUT2D eigenvalue weighted by Crippen LogP contribution is 2.31. The number of benzene rings is 1. The fourth-order valence-electron chi connectivity index (χ4n) is 2.08. The third kappa shape index (κ3) is 2.28. The van der Waals surface area contributed by atoms with E-state index in [0.29, 0.717) is 10.6 Å². The normalized spacial score (nSPS) is 10.8. The number of carboxylic acids is 1. The maximum Gasteiger partial charge on any atom is 0.338 e. The molecule has 0 unspecified atom stereocenters. The maximum atomic E-state index is 11.3. The van der Waals surface area contributed by atoms with E-state index in [0.717, 1.165) is 15.9 Å². The van der Waals surface area contributed by atoms with E-state index in [1.165, 1.54) is 11.8 Å². The Hall–Kier alpha value is -2.27. The van der Waals surface area contributed by atoms with Crippen LogP contribution in [0.1, 0.15) is 15.9 Å². The number of aromatic amines is 1. The number of fused-ring (bicyclic) bond motifs is 1. The molecular weight excluding hydrogens is 272 g/mol. The summed E-state index contributed by atoms with van der Waals surface area (Å²) in [5.41, 5.74) is 2.00. The molecule has 0 saturated heterocycles. The summed E-state index contributed by atoms with van der Waals surface area (Å²) >= 11 is 1.33. The summed E-state index contributed by atoms with van der Waals surface area (Å²) in [6.07, 6.45) is 1.63. The molecule has 0 amide bonds. The number of aromatic nitrogens is 2. The fraction of sp³-hybridized carbons (Fsp3) is 0.0667. The Morgan fingerprint density at radius 1 is 1.30 bits per heavy atom. The van der Waals surface area contributed by atoms with Gasteiger partial charge in [-0.3, -0.25) is 0 Å². The molecule has 2 aromatic heterocycles. The molecule has 0 aliphatic carbocycles. The van der Waals surface area contributed by atoms with Crippen LogP contribution >= 0.6 is 11.8 Å². The minimum absolute atomic E-state index is 0.260. The molecule has 2 N–H and O–H groups in total. The number of pyridine rings is 1. The second-order valence-corrected chi connectivity index (χ2v) is 5.47. The molecule has 20 heavy (non-hydrogen) atoms. The lowest BCUT2D eigenvalue weighted by Crippen LogP contribution is -2.03. The van der Waals surface area contributed by atoms with Crippen molar-refractivity contribution in [3.05, 3.63) is 53.7 Å². The zero-order valence-electron chi connectivity index (χ0n) is 10.8. The molecule has 2 heterocycles. The molecule has 100 valence electrons. The van der Waals surface area contributed by atoms with E-state index in [9.17, 15) is 9.90 Å². The lowest BCUT2D eigenvalue weighted by molar-refractivity contribution is 0.0691. The Morgan fingerprint density at radius 3 is 2.85 bits per heavy atom. The maximum absolute atomic E-state index is 11.3. The minimum atomic E-state index is -0.950. The smallest absolute Gasteiger partial charge is 0.338 e. The quantitative estimate of drug-likeness (QED) is 0.769. The first-order valence-corrected chi connectivity index (χ1v) is 6.91. The Balaban J connectivity index is 2.02. The summed E-state index contributed by atoms with van der Waals surface area (Å²) in [5.74, 6) is -0.950. The Bertz CT molecular complexity index is 762. The van der Waals surface area contributed by atoms with Crippen LogP contribution in [0.2, 0.25) is 0 Å². The molecule has 0 saturated carbocycles. The van der Waals surface area contributed by atoms with Gasteiger partial charge >= 0.3 is 5.97 Å². The molecule has 0 fully saturated rings. The van der Waals surface area contributed by atoms with Gasteiger partial charge in [0.25, 0.3) is 0 Å². The number of aryl methyl sites for hydroxylation is 1. The molecule has 0 radical (unpaired) electrons. The van der Waals surface area contributed by atoms with Gasteiger partial charge in [0, 0.05) is 17.1 Å². The van der Waals surface area contributed by atoms with Crippen LogP contribution < -0.4 is 0 Å². The number of carbonyl (C=O) groups is 1. The van der Waals surface area contributed by atoms with Crippen LogP contribution in [-0.4, -0.2) is 21.0 Å². The van der Waals surface area contributed by atoms with Crippen molar-refractivity contribution in [2.24, 2.45) is 0 Å². The fourth-order valence-corrected chi connectivity index (χ4v) is 3.10. The first-order chi connectivity index (χ1) is 9.65. The molecule has 5 heteroatoms. The van der Waals surface area contributed by atoms with E-state index >= 15 is 0 Å². The van der Waals surface area contributed by atoms with Crippen molar-refractivity contribution >= 4 is 28.6 Å². The van der Waals surface area contributed by atoms with Crippen LogP contribution in [0.3, 0.4) is 0 Å². The summed E-state index contributed by atoms with van der Waals surface area (Å²) < 4.78 is 0. The van der Waals surface area contributed by atoms with E-state index in [-0.39, 0.29) is 5.56 Å². The number of nitrogens with zero attached hydrogens (tertiary/aromatic N) is 1. The number of aromatic carboxylic acids is 1. The molecular formula is C15H12N2O2S. The highest BCUT2D eigenvalue weighted by molar-refractivity contribution is 7.99. The molecule has 3 aromatic rings. The van der Waals surface area contributed by atoms with Crippen LogP contribution in [-0.2, 0) is 0 Å². The average molecular weight is 284 g/mol. The van der Waals surface area contributed by atoms with Gasteiger partial charge in [0.15, 0.2) is 0 Å². The van der Waals surface area contributed by atoms with Gasteiger partial charge in [-0.1, -0.05) is 30.0 Å².